The number of aliphatic hydroxyl groups is 1. The number of rotatable bonds is 0. The van der Waals surface area contributed by atoms with Crippen molar-refractivity contribution in [2.24, 2.45) is 45.8 Å². The van der Waals surface area contributed by atoms with E-state index in [9.17, 15) is 10.3 Å². The lowest BCUT2D eigenvalue weighted by molar-refractivity contribution is -0.212. The number of nitrogens with zero attached hydrogens (tertiary/aromatic N) is 1. The molecule has 0 bridgehead atoms. The molecule has 8 rings (SSSR count). The summed E-state index contributed by atoms with van der Waals surface area (Å²) in [5, 5.41) is 22.8. The first-order valence-electron chi connectivity index (χ1n) is 13.4. The molecule has 8 aliphatic rings. The third kappa shape index (κ3) is 1.87. The van der Waals surface area contributed by atoms with Crippen LogP contribution in [0.15, 0.2) is 11.6 Å². The monoisotopic (exact) mass is 425 g/mol. The molecule has 0 amide bonds. The minimum Gasteiger partial charge on any atom is -0.389 e. The molecular formula is C27H39NO3. The topological polar surface area (TPSA) is 52.9 Å². The molecule has 0 aromatic heterocycles. The molecule has 3 spiro atoms. The van der Waals surface area contributed by atoms with Crippen molar-refractivity contribution >= 4 is 0 Å². The Morgan fingerprint density at radius 1 is 1.10 bits per heavy atom. The highest BCUT2D eigenvalue weighted by molar-refractivity contribution is 5.41. The quantitative estimate of drug-likeness (QED) is 0.559. The first-order chi connectivity index (χ1) is 14.8. The fourth-order valence-corrected chi connectivity index (χ4v) is 11.8. The molecule has 2 saturated heterocycles. The average molecular weight is 426 g/mol. The molecule has 2 aliphatic heterocycles. The Kier molecular flexibility index (Phi) is 3.33. The first-order valence-corrected chi connectivity index (χ1v) is 13.4. The lowest BCUT2D eigenvalue weighted by atomic mass is 9.48. The molecule has 4 nitrogen and oxygen atoms in total. The number of fused-ring (bicyclic) bond motifs is 6. The molecule has 170 valence electrons. The number of piperidine rings is 1. The van der Waals surface area contributed by atoms with E-state index in [0.29, 0.717) is 28.1 Å². The molecule has 7 fully saturated rings. The van der Waals surface area contributed by atoms with Crippen LogP contribution < -0.4 is 0 Å². The van der Waals surface area contributed by atoms with Gasteiger partial charge in [0.1, 0.15) is 0 Å². The fourth-order valence-electron chi connectivity index (χ4n) is 11.8. The van der Waals surface area contributed by atoms with Crippen LogP contribution in [0.5, 0.6) is 0 Å². The Morgan fingerprint density at radius 2 is 1.97 bits per heavy atom. The summed E-state index contributed by atoms with van der Waals surface area (Å²) < 4.78 is 7.10. The Labute approximate surface area is 186 Å². The zero-order chi connectivity index (χ0) is 21.0. The molecule has 0 aromatic rings. The minimum atomic E-state index is -0.205. The molecule has 6 aliphatic carbocycles. The molecule has 0 aromatic carbocycles. The van der Waals surface area contributed by atoms with Crippen molar-refractivity contribution in [1.29, 1.82) is 0 Å². The largest absolute Gasteiger partial charge is 0.389 e. The third-order valence-corrected chi connectivity index (χ3v) is 12.9. The lowest BCUT2D eigenvalue weighted by Gasteiger charge is -2.60. The van der Waals surface area contributed by atoms with Gasteiger partial charge in [-0.15, -0.1) is 0 Å². The molecule has 3 unspecified atom stereocenters. The summed E-state index contributed by atoms with van der Waals surface area (Å²) in [5.74, 6) is 3.71. The zero-order valence-electron chi connectivity index (χ0n) is 19.2. The van der Waals surface area contributed by atoms with Crippen LogP contribution in [0.25, 0.3) is 0 Å². The van der Waals surface area contributed by atoms with Crippen LogP contribution in [-0.2, 0) is 4.74 Å². The lowest BCUT2D eigenvalue weighted by Crippen LogP contribution is -2.64. The van der Waals surface area contributed by atoms with Gasteiger partial charge < -0.3 is 15.1 Å². The molecule has 0 radical (unpaired) electrons. The van der Waals surface area contributed by atoms with Crippen LogP contribution >= 0.6 is 0 Å². The van der Waals surface area contributed by atoms with Crippen molar-refractivity contribution in [3.05, 3.63) is 11.6 Å². The van der Waals surface area contributed by atoms with Crippen molar-refractivity contribution in [3.8, 4) is 0 Å². The van der Waals surface area contributed by atoms with E-state index in [1.54, 1.807) is 10.6 Å². The van der Waals surface area contributed by atoms with Gasteiger partial charge in [-0.3, -0.25) is 0 Å². The van der Waals surface area contributed by atoms with Crippen LogP contribution in [0, 0.1) is 45.8 Å². The Balaban J connectivity index is 1.15. The number of allylic oxidation sites excluding steroid dienone is 1. The van der Waals surface area contributed by atoms with Gasteiger partial charge in [0.05, 0.1) is 23.9 Å². The average Bonchev–Trinajstić information content (AvgIpc) is 3.19. The molecule has 5 saturated carbocycles. The predicted octanol–water partition coefficient (Wildman–Crippen LogP) is 4.55. The van der Waals surface area contributed by atoms with Gasteiger partial charge in [-0.05, 0) is 98.7 Å². The molecular weight excluding hydrogens is 386 g/mol. The highest BCUT2D eigenvalue weighted by Gasteiger charge is 2.92. The highest BCUT2D eigenvalue weighted by Crippen LogP contribution is 2.93. The third-order valence-electron chi connectivity index (χ3n) is 12.9. The first kappa shape index (κ1) is 18.9. The molecule has 12 atom stereocenters. The van der Waals surface area contributed by atoms with Crippen LogP contribution in [0.4, 0.5) is 0 Å². The maximum Gasteiger partial charge on any atom is 0.0793 e. The molecule has 2 heterocycles. The van der Waals surface area contributed by atoms with Crippen LogP contribution in [0.2, 0.25) is 0 Å². The summed E-state index contributed by atoms with van der Waals surface area (Å²) in [6.07, 6.45) is 14.9. The highest BCUT2D eigenvalue weighted by atomic mass is 16.5. The zero-order valence-corrected chi connectivity index (χ0v) is 19.2. The summed E-state index contributed by atoms with van der Waals surface area (Å²) in [4.78, 5) is 0. The number of hydrogen-bond acceptors (Lipinski definition) is 4. The van der Waals surface area contributed by atoms with Crippen molar-refractivity contribution in [2.45, 2.75) is 102 Å². The summed E-state index contributed by atoms with van der Waals surface area (Å²) in [7, 11) is 0. The van der Waals surface area contributed by atoms with Gasteiger partial charge in [-0.1, -0.05) is 25.5 Å². The number of aliphatic hydroxyl groups excluding tert-OH is 1. The van der Waals surface area contributed by atoms with Crippen LogP contribution in [0.1, 0.15) is 78.1 Å². The van der Waals surface area contributed by atoms with E-state index in [4.69, 9.17) is 4.74 Å². The number of ether oxygens (including phenoxy) is 1. The Morgan fingerprint density at radius 3 is 2.84 bits per heavy atom. The van der Waals surface area contributed by atoms with Gasteiger partial charge >= 0.3 is 0 Å². The maximum absolute atomic E-state index is 10.8. The van der Waals surface area contributed by atoms with Crippen LogP contribution in [-0.4, -0.2) is 45.8 Å². The Bertz CT molecular complexity index is 888. The van der Waals surface area contributed by atoms with Gasteiger partial charge in [-0.25, -0.2) is 0 Å². The van der Waals surface area contributed by atoms with E-state index >= 15 is 0 Å². The second-order valence-electron chi connectivity index (χ2n) is 13.6. The minimum absolute atomic E-state index is 0.0830. The normalized spacial score (nSPS) is 65.7. The fraction of sp³-hybridized carbons (Fsp3) is 0.926. The second-order valence-corrected chi connectivity index (χ2v) is 13.6. The van der Waals surface area contributed by atoms with Crippen LogP contribution in [0.3, 0.4) is 0 Å². The van der Waals surface area contributed by atoms with Gasteiger partial charge in [0, 0.05) is 17.9 Å². The van der Waals surface area contributed by atoms with E-state index in [1.807, 2.05) is 0 Å². The molecule has 2 N–H and O–H groups in total. The summed E-state index contributed by atoms with van der Waals surface area (Å²) >= 11 is 0. The van der Waals surface area contributed by atoms with Gasteiger partial charge in [0.25, 0.3) is 0 Å². The SMILES string of the molecule is C[C@H]1C[C@H]2O[C@@]34CC[C@H]5C6CCC7=C[C@@H](O)CC[C@]7(C)[C@H]6CC56CC63C[C@@H]4[C@@H]2N(O)C1. The van der Waals surface area contributed by atoms with Gasteiger partial charge in [0.15, 0.2) is 0 Å². The van der Waals surface area contributed by atoms with Crippen molar-refractivity contribution < 1.29 is 15.1 Å². The number of hydrogen-bond donors (Lipinski definition) is 2. The molecule has 4 heteroatoms. The van der Waals surface area contributed by atoms with E-state index in [0.717, 1.165) is 37.1 Å². The standard InChI is InChI=1S/C27H39NO3/c1-15-9-22-23(28(30)13-15)21-12-26-14-25(26)11-20-18(19(25)6-8-27(21,26)31-22)4-3-16-10-17(29)5-7-24(16,20)2/h10,15,17-23,29-30H,3-9,11-14H2,1-2H3/t15-,17-,18?,19-,20-,21+,22+,23-,24-,25?,26?,27+/m0/s1. The van der Waals surface area contributed by atoms with Crippen molar-refractivity contribution in [3.63, 3.8) is 0 Å². The Hall–Kier alpha value is -0.420. The van der Waals surface area contributed by atoms with E-state index < -0.39 is 0 Å². The van der Waals surface area contributed by atoms with E-state index in [2.05, 4.69) is 19.9 Å². The van der Waals surface area contributed by atoms with E-state index in [1.165, 1.54) is 51.4 Å². The second kappa shape index (κ2) is 5.45. The molecule has 31 heavy (non-hydrogen) atoms. The van der Waals surface area contributed by atoms with Gasteiger partial charge in [-0.2, -0.15) is 5.06 Å². The predicted molar refractivity (Wildman–Crippen MR) is 116 cm³/mol. The summed E-state index contributed by atoms with van der Waals surface area (Å²) in [6, 6.07) is 0.256. The number of hydroxylamine groups is 2. The van der Waals surface area contributed by atoms with E-state index in [-0.39, 0.29) is 23.9 Å². The van der Waals surface area contributed by atoms with Crippen molar-refractivity contribution in [1.82, 2.24) is 5.06 Å². The van der Waals surface area contributed by atoms with Gasteiger partial charge in [0.2, 0.25) is 0 Å². The smallest absolute Gasteiger partial charge is 0.0793 e. The summed E-state index contributed by atoms with van der Waals surface area (Å²) in [6.45, 7) is 5.64. The maximum atomic E-state index is 10.8. The summed E-state index contributed by atoms with van der Waals surface area (Å²) in [5.41, 5.74) is 2.97. The van der Waals surface area contributed by atoms with Crippen molar-refractivity contribution in [2.75, 3.05) is 6.54 Å².